The molecule has 8 nitrogen and oxygen atoms in total. The number of fused-ring (bicyclic) bond motifs is 2. The van der Waals surface area contributed by atoms with E-state index in [9.17, 15) is 14.7 Å². The Labute approximate surface area is 187 Å². The summed E-state index contributed by atoms with van der Waals surface area (Å²) in [6.07, 6.45) is -0.664. The Balaban J connectivity index is 1.69. The van der Waals surface area contributed by atoms with Gasteiger partial charge in [-0.2, -0.15) is 4.98 Å². The molecule has 1 unspecified atom stereocenters. The van der Waals surface area contributed by atoms with Crippen molar-refractivity contribution in [1.82, 2.24) is 15.3 Å². The van der Waals surface area contributed by atoms with Crippen molar-refractivity contribution in [2.24, 2.45) is 0 Å². The molecule has 3 aromatic carbocycles. The second-order valence-electron chi connectivity index (χ2n) is 7.22. The number of aromatic amines is 1. The molecule has 2 amide bonds. The third-order valence-corrected chi connectivity index (χ3v) is 5.73. The topological polar surface area (TPSA) is 108 Å². The number of aliphatic hydroxyl groups is 1. The lowest BCUT2D eigenvalue weighted by molar-refractivity contribution is 0.0704. The van der Waals surface area contributed by atoms with Crippen molar-refractivity contribution in [2.45, 2.75) is 5.72 Å². The number of ether oxygens (including phenoxy) is 1. The third-order valence-electron chi connectivity index (χ3n) is 5.41. The summed E-state index contributed by atoms with van der Waals surface area (Å²) in [6, 6.07) is 18.7. The highest BCUT2D eigenvalue weighted by atomic mass is 35.5. The van der Waals surface area contributed by atoms with Gasteiger partial charge in [-0.1, -0.05) is 48.0 Å². The van der Waals surface area contributed by atoms with Gasteiger partial charge in [-0.05, 0) is 30.3 Å². The van der Waals surface area contributed by atoms with Crippen LogP contribution in [-0.4, -0.2) is 34.1 Å². The number of halogens is 1. The van der Waals surface area contributed by atoms with E-state index in [4.69, 9.17) is 16.3 Å². The Hall–Kier alpha value is -3.88. The number of rotatable bonds is 3. The highest BCUT2D eigenvalue weighted by Gasteiger charge is 2.51. The largest absolute Gasteiger partial charge is 0.414 e. The van der Waals surface area contributed by atoms with E-state index in [0.29, 0.717) is 38.4 Å². The lowest BCUT2D eigenvalue weighted by atomic mass is 9.93. The fraction of sp³-hybridized carbons (Fsp3) is 0.0870. The maximum Gasteiger partial charge on any atom is 0.414 e. The number of hydrogen-bond acceptors (Lipinski definition) is 5. The van der Waals surface area contributed by atoms with Gasteiger partial charge in [0, 0.05) is 23.7 Å². The molecule has 0 radical (unpaired) electrons. The van der Waals surface area contributed by atoms with Crippen LogP contribution in [0.25, 0.3) is 11.0 Å². The van der Waals surface area contributed by atoms with Crippen LogP contribution in [0.15, 0.2) is 66.7 Å². The minimum atomic E-state index is -1.82. The monoisotopic (exact) mass is 448 g/mol. The molecular formula is C23H17ClN4O4. The molecule has 0 saturated carbocycles. The number of anilines is 1. The molecule has 160 valence electrons. The second-order valence-corrected chi connectivity index (χ2v) is 7.63. The first-order valence-corrected chi connectivity index (χ1v) is 10.1. The fourth-order valence-corrected chi connectivity index (χ4v) is 4.17. The molecule has 0 spiro atoms. The maximum atomic E-state index is 13.4. The number of aromatic nitrogens is 2. The van der Waals surface area contributed by atoms with Gasteiger partial charge in [0.25, 0.3) is 5.91 Å². The summed E-state index contributed by atoms with van der Waals surface area (Å²) in [4.78, 5) is 33.3. The zero-order valence-electron chi connectivity index (χ0n) is 16.8. The smallest absolute Gasteiger partial charge is 0.375 e. The Kier molecular flexibility index (Phi) is 4.61. The van der Waals surface area contributed by atoms with Crippen molar-refractivity contribution in [3.63, 3.8) is 0 Å². The lowest BCUT2D eigenvalue weighted by Crippen LogP contribution is -2.45. The second kappa shape index (κ2) is 7.37. The molecule has 5 rings (SSSR count). The van der Waals surface area contributed by atoms with Crippen molar-refractivity contribution < 1.29 is 19.4 Å². The summed E-state index contributed by atoms with van der Waals surface area (Å²) in [5.41, 5.74) is 0.835. The van der Waals surface area contributed by atoms with Crippen molar-refractivity contribution in [3.05, 3.63) is 88.4 Å². The fourth-order valence-electron chi connectivity index (χ4n) is 3.95. The average molecular weight is 449 g/mol. The van der Waals surface area contributed by atoms with E-state index in [1.54, 1.807) is 66.7 Å². The van der Waals surface area contributed by atoms with Gasteiger partial charge in [0.2, 0.25) is 0 Å². The summed E-state index contributed by atoms with van der Waals surface area (Å²) < 4.78 is 5.06. The van der Waals surface area contributed by atoms with Gasteiger partial charge < -0.3 is 20.1 Å². The Morgan fingerprint density at radius 2 is 1.91 bits per heavy atom. The number of imidazole rings is 1. The summed E-state index contributed by atoms with van der Waals surface area (Å²) in [5, 5.41) is 14.8. The van der Waals surface area contributed by atoms with Gasteiger partial charge in [0.15, 0.2) is 5.72 Å². The molecule has 2 heterocycles. The van der Waals surface area contributed by atoms with Crippen LogP contribution in [0.3, 0.4) is 0 Å². The molecule has 0 saturated heterocycles. The van der Waals surface area contributed by atoms with Crippen LogP contribution in [0.1, 0.15) is 21.5 Å². The predicted octanol–water partition coefficient (Wildman–Crippen LogP) is 3.79. The SMILES string of the molecule is CNC(=O)Oc1nc2ccc(C3(O)c4ccccc4C(=O)N3c3ccccc3Cl)cc2[nH]1. The van der Waals surface area contributed by atoms with Crippen LogP contribution in [0.5, 0.6) is 6.01 Å². The van der Waals surface area contributed by atoms with Crippen LogP contribution < -0.4 is 15.0 Å². The van der Waals surface area contributed by atoms with Crippen molar-refractivity contribution >= 4 is 40.3 Å². The molecule has 0 fully saturated rings. The summed E-state index contributed by atoms with van der Waals surface area (Å²) in [7, 11) is 1.44. The normalized spacial score (nSPS) is 17.5. The molecule has 1 aliphatic rings. The Morgan fingerprint density at radius 3 is 2.69 bits per heavy atom. The van der Waals surface area contributed by atoms with Gasteiger partial charge in [-0.15, -0.1) is 0 Å². The molecule has 0 bridgehead atoms. The molecule has 1 aliphatic heterocycles. The minimum absolute atomic E-state index is 0.00866. The molecule has 1 atom stereocenters. The van der Waals surface area contributed by atoms with E-state index in [2.05, 4.69) is 15.3 Å². The summed E-state index contributed by atoms with van der Waals surface area (Å²) in [5.74, 6) is -0.371. The van der Waals surface area contributed by atoms with Gasteiger partial charge in [-0.3, -0.25) is 9.69 Å². The van der Waals surface area contributed by atoms with E-state index in [1.807, 2.05) is 0 Å². The lowest BCUT2D eigenvalue weighted by Gasteiger charge is -2.35. The van der Waals surface area contributed by atoms with Crippen LogP contribution in [0.4, 0.5) is 10.5 Å². The van der Waals surface area contributed by atoms with Crippen LogP contribution in [0, 0.1) is 0 Å². The third kappa shape index (κ3) is 2.92. The quantitative estimate of drug-likeness (QED) is 0.442. The van der Waals surface area contributed by atoms with Gasteiger partial charge in [-0.25, -0.2) is 4.79 Å². The first kappa shape index (κ1) is 20.0. The standard InChI is InChI=1S/C23H17ClN4O4/c1-25-22(30)32-21-26-17-11-10-13(12-18(17)27-21)23(31)15-7-3-2-6-14(15)20(29)28(23)19-9-5-4-8-16(19)24/h2-12,31H,1H3,(H,25,30)(H,26,27). The zero-order valence-corrected chi connectivity index (χ0v) is 17.6. The number of amides is 2. The number of carbonyl (C=O) groups excluding carboxylic acids is 2. The number of H-pyrrole nitrogens is 1. The van der Waals surface area contributed by atoms with Crippen molar-refractivity contribution in [1.29, 1.82) is 0 Å². The van der Waals surface area contributed by atoms with Gasteiger partial charge in [0.05, 0.1) is 21.7 Å². The molecule has 4 aromatic rings. The average Bonchev–Trinajstić information content (AvgIpc) is 3.30. The Morgan fingerprint density at radius 1 is 1.16 bits per heavy atom. The first-order chi connectivity index (χ1) is 15.4. The molecule has 1 aromatic heterocycles. The molecular weight excluding hydrogens is 432 g/mol. The van der Waals surface area contributed by atoms with E-state index in [0.717, 1.165) is 0 Å². The summed E-state index contributed by atoms with van der Waals surface area (Å²) >= 11 is 6.41. The number of para-hydroxylation sites is 1. The summed E-state index contributed by atoms with van der Waals surface area (Å²) in [6.45, 7) is 0. The van der Waals surface area contributed by atoms with E-state index < -0.39 is 11.8 Å². The zero-order chi connectivity index (χ0) is 22.5. The van der Waals surface area contributed by atoms with E-state index in [1.165, 1.54) is 11.9 Å². The van der Waals surface area contributed by atoms with Gasteiger partial charge in [0.1, 0.15) is 0 Å². The number of nitrogens with one attached hydrogen (secondary N) is 2. The Bertz CT molecular complexity index is 1390. The number of carbonyl (C=O) groups is 2. The highest BCUT2D eigenvalue weighted by Crippen LogP contribution is 2.47. The minimum Gasteiger partial charge on any atom is -0.375 e. The highest BCUT2D eigenvalue weighted by molar-refractivity contribution is 6.34. The predicted molar refractivity (Wildman–Crippen MR) is 119 cm³/mol. The molecule has 0 aliphatic carbocycles. The number of nitrogens with zero attached hydrogens (tertiary/aromatic N) is 2. The molecule has 9 heteroatoms. The first-order valence-electron chi connectivity index (χ1n) is 9.74. The van der Waals surface area contributed by atoms with Crippen molar-refractivity contribution in [2.75, 3.05) is 11.9 Å². The van der Waals surface area contributed by atoms with E-state index in [-0.39, 0.29) is 11.9 Å². The van der Waals surface area contributed by atoms with E-state index >= 15 is 0 Å². The number of benzene rings is 3. The molecule has 3 N–H and O–H groups in total. The molecule has 32 heavy (non-hydrogen) atoms. The van der Waals surface area contributed by atoms with Crippen molar-refractivity contribution in [3.8, 4) is 6.01 Å². The maximum absolute atomic E-state index is 13.4. The van der Waals surface area contributed by atoms with Gasteiger partial charge >= 0.3 is 12.1 Å². The van der Waals surface area contributed by atoms with Crippen LogP contribution >= 0.6 is 11.6 Å². The van der Waals surface area contributed by atoms with Crippen LogP contribution in [0.2, 0.25) is 5.02 Å². The number of hydrogen-bond donors (Lipinski definition) is 3. The van der Waals surface area contributed by atoms with Crippen LogP contribution in [-0.2, 0) is 5.72 Å².